The first-order chi connectivity index (χ1) is 4.33. The second-order valence-electron chi connectivity index (χ2n) is 2.25. The summed E-state index contributed by atoms with van der Waals surface area (Å²) in [4.78, 5) is 0. The van der Waals surface area contributed by atoms with Gasteiger partial charge in [-0.3, -0.25) is 0 Å². The van der Waals surface area contributed by atoms with E-state index in [1.165, 1.54) is 0 Å². The number of hydrogen-bond acceptors (Lipinski definition) is 0. The van der Waals surface area contributed by atoms with Crippen molar-refractivity contribution in [2.75, 3.05) is 0 Å². The van der Waals surface area contributed by atoms with E-state index < -0.39 is 6.17 Å². The van der Waals surface area contributed by atoms with E-state index in [0.29, 0.717) is 6.42 Å². The number of halogens is 1. The molecule has 0 N–H and O–H groups in total. The molecule has 0 amide bonds. The van der Waals surface area contributed by atoms with Crippen LogP contribution in [0.3, 0.4) is 0 Å². The van der Waals surface area contributed by atoms with Crippen molar-refractivity contribution in [1.29, 1.82) is 0 Å². The zero-order valence-corrected chi connectivity index (χ0v) is 5.60. The van der Waals surface area contributed by atoms with Crippen LogP contribution in [0.15, 0.2) is 23.8 Å². The summed E-state index contributed by atoms with van der Waals surface area (Å²) in [6.45, 7) is 2.04. The molecule has 0 aromatic carbocycles. The van der Waals surface area contributed by atoms with Crippen LogP contribution in [0.25, 0.3) is 0 Å². The Morgan fingerprint density at radius 1 is 1.78 bits per heavy atom. The predicted octanol–water partition coefficient (Wildman–Crippen LogP) is 2.62. The fourth-order valence-electron chi connectivity index (χ4n) is 0.941. The molecule has 1 heteroatoms. The van der Waals surface area contributed by atoms with Crippen molar-refractivity contribution in [1.82, 2.24) is 0 Å². The van der Waals surface area contributed by atoms with Gasteiger partial charge in [0.25, 0.3) is 0 Å². The maximum absolute atomic E-state index is 12.5. The highest BCUT2D eigenvalue weighted by Gasteiger charge is 2.04. The molecule has 1 aliphatic carbocycles. The van der Waals surface area contributed by atoms with Gasteiger partial charge in [0.05, 0.1) is 0 Å². The summed E-state index contributed by atoms with van der Waals surface area (Å²) in [5.41, 5.74) is 1.12. The van der Waals surface area contributed by atoms with Crippen molar-refractivity contribution in [3.8, 4) is 0 Å². The highest BCUT2D eigenvalue weighted by atomic mass is 19.1. The van der Waals surface area contributed by atoms with Crippen LogP contribution in [0.1, 0.15) is 19.8 Å². The Labute approximate surface area is 55.1 Å². The van der Waals surface area contributed by atoms with Gasteiger partial charge in [-0.1, -0.05) is 19.1 Å². The summed E-state index contributed by atoms with van der Waals surface area (Å²) in [5.74, 6) is 0. The van der Waals surface area contributed by atoms with E-state index in [9.17, 15) is 4.39 Å². The predicted molar refractivity (Wildman–Crippen MR) is 37.0 cm³/mol. The Balaban J connectivity index is 2.59. The van der Waals surface area contributed by atoms with E-state index in [1.807, 2.05) is 19.1 Å². The second-order valence-corrected chi connectivity index (χ2v) is 2.25. The van der Waals surface area contributed by atoms with Gasteiger partial charge in [-0.25, -0.2) is 4.39 Å². The third kappa shape index (κ3) is 1.67. The van der Waals surface area contributed by atoms with E-state index >= 15 is 0 Å². The first kappa shape index (κ1) is 6.53. The van der Waals surface area contributed by atoms with Crippen LogP contribution in [0, 0.1) is 0 Å². The van der Waals surface area contributed by atoms with Crippen LogP contribution in [0.5, 0.6) is 0 Å². The minimum absolute atomic E-state index is 0.559. The van der Waals surface area contributed by atoms with Crippen molar-refractivity contribution < 1.29 is 4.39 Å². The van der Waals surface area contributed by atoms with Gasteiger partial charge < -0.3 is 0 Å². The first-order valence-corrected chi connectivity index (χ1v) is 3.34. The van der Waals surface area contributed by atoms with Crippen molar-refractivity contribution >= 4 is 0 Å². The van der Waals surface area contributed by atoms with Crippen molar-refractivity contribution in [3.05, 3.63) is 23.8 Å². The highest BCUT2D eigenvalue weighted by Crippen LogP contribution is 2.14. The molecular formula is C8H11F. The Bertz CT molecular complexity index is 145. The quantitative estimate of drug-likeness (QED) is 0.506. The van der Waals surface area contributed by atoms with E-state index in [0.717, 1.165) is 12.0 Å². The SMILES string of the molecule is CCC1=CC(F)CC=C1. The van der Waals surface area contributed by atoms with Gasteiger partial charge in [-0.05, 0) is 18.1 Å². The van der Waals surface area contributed by atoms with Crippen LogP contribution in [0.4, 0.5) is 4.39 Å². The van der Waals surface area contributed by atoms with Gasteiger partial charge >= 0.3 is 0 Å². The molecule has 0 bridgehead atoms. The molecule has 0 aromatic heterocycles. The third-order valence-electron chi connectivity index (χ3n) is 1.50. The number of rotatable bonds is 1. The summed E-state index contributed by atoms with van der Waals surface area (Å²) < 4.78 is 12.5. The largest absolute Gasteiger partial charge is 0.243 e. The molecule has 1 atom stereocenters. The molecule has 0 aromatic rings. The van der Waals surface area contributed by atoms with E-state index in [2.05, 4.69) is 0 Å². The third-order valence-corrected chi connectivity index (χ3v) is 1.50. The molecular weight excluding hydrogens is 115 g/mol. The molecule has 0 nitrogen and oxygen atoms in total. The lowest BCUT2D eigenvalue weighted by Gasteiger charge is -2.06. The lowest BCUT2D eigenvalue weighted by molar-refractivity contribution is 0.399. The Kier molecular flexibility index (Phi) is 2.04. The summed E-state index contributed by atoms with van der Waals surface area (Å²) >= 11 is 0. The summed E-state index contributed by atoms with van der Waals surface area (Å²) in [5, 5.41) is 0. The summed E-state index contributed by atoms with van der Waals surface area (Å²) in [6, 6.07) is 0. The summed E-state index contributed by atoms with van der Waals surface area (Å²) in [7, 11) is 0. The average molecular weight is 126 g/mol. The zero-order valence-electron chi connectivity index (χ0n) is 5.60. The van der Waals surface area contributed by atoms with Crippen LogP contribution in [-0.4, -0.2) is 6.17 Å². The maximum Gasteiger partial charge on any atom is 0.122 e. The molecule has 9 heavy (non-hydrogen) atoms. The lowest BCUT2D eigenvalue weighted by Crippen LogP contribution is -1.98. The summed E-state index contributed by atoms with van der Waals surface area (Å²) in [6.07, 6.45) is 6.35. The smallest absolute Gasteiger partial charge is 0.122 e. The fraction of sp³-hybridized carbons (Fsp3) is 0.500. The molecule has 0 fully saturated rings. The molecule has 1 unspecified atom stereocenters. The van der Waals surface area contributed by atoms with Gasteiger partial charge in [0.1, 0.15) is 6.17 Å². The molecule has 0 saturated heterocycles. The molecule has 1 rings (SSSR count). The van der Waals surface area contributed by atoms with Crippen LogP contribution in [-0.2, 0) is 0 Å². The molecule has 0 radical (unpaired) electrons. The Hall–Kier alpha value is -0.590. The van der Waals surface area contributed by atoms with Gasteiger partial charge in [0, 0.05) is 6.42 Å². The number of allylic oxidation sites excluding steroid dienone is 4. The molecule has 50 valence electrons. The first-order valence-electron chi connectivity index (χ1n) is 3.34. The van der Waals surface area contributed by atoms with Crippen LogP contribution in [0.2, 0.25) is 0 Å². The molecule has 0 aliphatic heterocycles. The highest BCUT2D eigenvalue weighted by molar-refractivity contribution is 5.23. The van der Waals surface area contributed by atoms with Gasteiger partial charge in [-0.15, -0.1) is 0 Å². The van der Waals surface area contributed by atoms with Crippen LogP contribution < -0.4 is 0 Å². The molecule has 1 aliphatic rings. The lowest BCUT2D eigenvalue weighted by atomic mass is 10.0. The topological polar surface area (TPSA) is 0 Å². The zero-order chi connectivity index (χ0) is 6.69. The van der Waals surface area contributed by atoms with Crippen molar-refractivity contribution in [3.63, 3.8) is 0 Å². The Morgan fingerprint density at radius 2 is 2.56 bits per heavy atom. The molecule has 0 saturated carbocycles. The average Bonchev–Trinajstić information content (AvgIpc) is 1.88. The van der Waals surface area contributed by atoms with E-state index in [-0.39, 0.29) is 0 Å². The van der Waals surface area contributed by atoms with Crippen LogP contribution >= 0.6 is 0 Å². The monoisotopic (exact) mass is 126 g/mol. The van der Waals surface area contributed by atoms with Gasteiger partial charge in [0.15, 0.2) is 0 Å². The molecule has 0 heterocycles. The standard InChI is InChI=1S/C8H11F/c1-2-7-4-3-5-8(9)6-7/h3-4,6,8H,2,5H2,1H3. The number of hydrogen-bond donors (Lipinski definition) is 0. The molecule has 0 spiro atoms. The van der Waals surface area contributed by atoms with E-state index in [4.69, 9.17) is 0 Å². The Morgan fingerprint density at radius 3 is 3.00 bits per heavy atom. The minimum atomic E-state index is -0.732. The normalized spacial score (nSPS) is 26.0. The van der Waals surface area contributed by atoms with Crippen molar-refractivity contribution in [2.24, 2.45) is 0 Å². The fourth-order valence-corrected chi connectivity index (χ4v) is 0.941. The van der Waals surface area contributed by atoms with Gasteiger partial charge in [-0.2, -0.15) is 0 Å². The maximum atomic E-state index is 12.5. The second kappa shape index (κ2) is 2.81. The number of alkyl halides is 1. The minimum Gasteiger partial charge on any atom is -0.243 e. The van der Waals surface area contributed by atoms with Gasteiger partial charge in [0.2, 0.25) is 0 Å². The van der Waals surface area contributed by atoms with Crippen molar-refractivity contribution in [2.45, 2.75) is 25.9 Å². The van der Waals surface area contributed by atoms with E-state index in [1.54, 1.807) is 6.08 Å².